The zero-order chi connectivity index (χ0) is 22.8. The van der Waals surface area contributed by atoms with Gasteiger partial charge in [-0.3, -0.25) is 4.79 Å². The molecule has 0 aliphatic carbocycles. The van der Waals surface area contributed by atoms with Crippen LogP contribution in [0.3, 0.4) is 0 Å². The summed E-state index contributed by atoms with van der Waals surface area (Å²) >= 11 is 1.68. The number of carbonyl (C=O) groups excluding carboxylic acids is 2. The number of methoxy groups -OCH3 is 1. The SMILES string of the molecule is COC(=O)c1cn(CC(=O)NCC(c2cccs2)c2c[nH]c3ccccc23)c2ccccc12. The quantitative estimate of drug-likeness (QED) is 0.341. The third kappa shape index (κ3) is 4.03. The number of para-hydroxylation sites is 2. The molecule has 0 bridgehead atoms. The van der Waals surface area contributed by atoms with Crippen LogP contribution in [0.5, 0.6) is 0 Å². The maximum Gasteiger partial charge on any atom is 0.340 e. The van der Waals surface area contributed by atoms with Gasteiger partial charge in [0.1, 0.15) is 6.54 Å². The zero-order valence-electron chi connectivity index (χ0n) is 18.1. The fourth-order valence-electron chi connectivity index (χ4n) is 4.31. The number of nitrogens with one attached hydrogen (secondary N) is 2. The predicted molar refractivity (Wildman–Crippen MR) is 131 cm³/mol. The monoisotopic (exact) mass is 457 g/mol. The first-order chi connectivity index (χ1) is 16.2. The Labute approximate surface area is 194 Å². The number of benzene rings is 2. The summed E-state index contributed by atoms with van der Waals surface area (Å²) in [5.41, 5.74) is 3.51. The van der Waals surface area contributed by atoms with Crippen LogP contribution < -0.4 is 5.32 Å². The van der Waals surface area contributed by atoms with Crippen LogP contribution in [0, 0.1) is 0 Å². The molecule has 0 spiro atoms. The molecule has 2 aromatic carbocycles. The Bertz CT molecular complexity index is 1430. The fourth-order valence-corrected chi connectivity index (χ4v) is 5.16. The van der Waals surface area contributed by atoms with E-state index in [-0.39, 0.29) is 18.4 Å². The van der Waals surface area contributed by atoms with Crippen molar-refractivity contribution in [3.63, 3.8) is 0 Å². The molecule has 5 aromatic rings. The first-order valence-corrected chi connectivity index (χ1v) is 11.6. The lowest BCUT2D eigenvalue weighted by atomic mass is 9.96. The minimum absolute atomic E-state index is 0.0390. The summed E-state index contributed by atoms with van der Waals surface area (Å²) < 4.78 is 6.70. The Balaban J connectivity index is 1.38. The number of hydrogen-bond acceptors (Lipinski definition) is 4. The number of nitrogens with zero attached hydrogens (tertiary/aromatic N) is 1. The molecule has 1 amide bonds. The van der Waals surface area contributed by atoms with E-state index in [1.54, 1.807) is 22.1 Å². The number of fused-ring (bicyclic) bond motifs is 2. The maximum atomic E-state index is 13.0. The molecule has 1 unspecified atom stereocenters. The average Bonchev–Trinajstić information content (AvgIpc) is 3.59. The van der Waals surface area contributed by atoms with Gasteiger partial charge in [0, 0.05) is 51.5 Å². The van der Waals surface area contributed by atoms with Gasteiger partial charge in [0.25, 0.3) is 0 Å². The number of esters is 1. The van der Waals surface area contributed by atoms with E-state index in [9.17, 15) is 9.59 Å². The molecule has 3 aromatic heterocycles. The Morgan fingerprint density at radius 2 is 1.85 bits per heavy atom. The van der Waals surface area contributed by atoms with Crippen LogP contribution >= 0.6 is 11.3 Å². The van der Waals surface area contributed by atoms with E-state index in [2.05, 4.69) is 33.9 Å². The van der Waals surface area contributed by atoms with E-state index in [0.29, 0.717) is 12.1 Å². The van der Waals surface area contributed by atoms with Gasteiger partial charge in [-0.05, 0) is 29.1 Å². The van der Waals surface area contributed by atoms with Crippen molar-refractivity contribution in [1.82, 2.24) is 14.9 Å². The van der Waals surface area contributed by atoms with Gasteiger partial charge in [-0.2, -0.15) is 0 Å². The molecule has 7 heteroatoms. The molecular weight excluding hydrogens is 434 g/mol. The fraction of sp³-hybridized carbons (Fsp3) is 0.154. The van der Waals surface area contributed by atoms with E-state index < -0.39 is 5.97 Å². The van der Waals surface area contributed by atoms with Gasteiger partial charge in [-0.15, -0.1) is 11.3 Å². The Morgan fingerprint density at radius 3 is 2.64 bits per heavy atom. The standard InChI is InChI=1S/C26H23N3O3S/c1-32-26(31)21-15-29(23-10-5-3-8-18(21)23)16-25(30)28-14-20(24-11-6-12-33-24)19-13-27-22-9-4-2-7-17(19)22/h2-13,15,20,27H,14,16H2,1H3,(H,28,30). The van der Waals surface area contributed by atoms with Crippen molar-refractivity contribution in [2.45, 2.75) is 12.5 Å². The first kappa shape index (κ1) is 21.0. The van der Waals surface area contributed by atoms with Crippen LogP contribution in [-0.4, -0.2) is 35.1 Å². The van der Waals surface area contributed by atoms with Gasteiger partial charge in [0.2, 0.25) is 5.91 Å². The molecule has 1 atom stereocenters. The van der Waals surface area contributed by atoms with E-state index in [0.717, 1.165) is 27.4 Å². The third-order valence-electron chi connectivity index (χ3n) is 5.89. The largest absolute Gasteiger partial charge is 0.465 e. The van der Waals surface area contributed by atoms with E-state index >= 15 is 0 Å². The molecule has 166 valence electrons. The number of aromatic nitrogens is 2. The van der Waals surface area contributed by atoms with Crippen LogP contribution in [0.1, 0.15) is 26.7 Å². The van der Waals surface area contributed by atoms with Gasteiger partial charge >= 0.3 is 5.97 Å². The molecule has 33 heavy (non-hydrogen) atoms. The van der Waals surface area contributed by atoms with Gasteiger partial charge in [0.15, 0.2) is 0 Å². The zero-order valence-corrected chi connectivity index (χ0v) is 18.9. The second-order valence-electron chi connectivity index (χ2n) is 7.84. The van der Waals surface area contributed by atoms with Gasteiger partial charge in [-0.1, -0.05) is 42.5 Å². The van der Waals surface area contributed by atoms with Crippen LogP contribution in [0.2, 0.25) is 0 Å². The number of aromatic amines is 1. The molecular formula is C26H23N3O3S. The highest BCUT2D eigenvalue weighted by Gasteiger charge is 2.21. The molecule has 0 aliphatic heterocycles. The summed E-state index contributed by atoms with van der Waals surface area (Å²) in [4.78, 5) is 29.7. The molecule has 5 rings (SSSR count). The Hall–Kier alpha value is -3.84. The summed E-state index contributed by atoms with van der Waals surface area (Å²) in [6, 6.07) is 19.8. The molecule has 2 N–H and O–H groups in total. The summed E-state index contributed by atoms with van der Waals surface area (Å²) in [7, 11) is 1.36. The summed E-state index contributed by atoms with van der Waals surface area (Å²) in [6.45, 7) is 0.590. The maximum absolute atomic E-state index is 13.0. The van der Waals surface area contributed by atoms with Gasteiger partial charge in [0.05, 0.1) is 12.7 Å². The van der Waals surface area contributed by atoms with Crippen LogP contribution in [0.25, 0.3) is 21.8 Å². The van der Waals surface area contributed by atoms with Crippen molar-refractivity contribution in [2.24, 2.45) is 0 Å². The molecule has 6 nitrogen and oxygen atoms in total. The summed E-state index contributed by atoms with van der Waals surface area (Å²) in [6.07, 6.45) is 3.72. The molecule has 0 fully saturated rings. The van der Waals surface area contributed by atoms with Crippen molar-refractivity contribution in [3.05, 3.63) is 94.4 Å². The predicted octanol–water partition coefficient (Wildman–Crippen LogP) is 4.92. The lowest BCUT2D eigenvalue weighted by Gasteiger charge is -2.17. The number of ether oxygens (including phenoxy) is 1. The van der Waals surface area contributed by atoms with Crippen molar-refractivity contribution < 1.29 is 14.3 Å². The highest BCUT2D eigenvalue weighted by molar-refractivity contribution is 7.10. The van der Waals surface area contributed by atoms with Crippen LogP contribution in [0.15, 0.2) is 78.4 Å². The highest BCUT2D eigenvalue weighted by atomic mass is 32.1. The molecule has 0 saturated carbocycles. The van der Waals surface area contributed by atoms with Gasteiger partial charge in [-0.25, -0.2) is 4.79 Å². The third-order valence-corrected chi connectivity index (χ3v) is 6.88. The average molecular weight is 458 g/mol. The Kier molecular flexibility index (Phi) is 5.71. The normalized spacial score (nSPS) is 12.2. The number of hydrogen-bond donors (Lipinski definition) is 2. The Morgan fingerprint density at radius 1 is 1.06 bits per heavy atom. The van der Waals surface area contributed by atoms with Crippen LogP contribution in [-0.2, 0) is 16.1 Å². The first-order valence-electron chi connectivity index (χ1n) is 10.7. The molecule has 0 saturated heterocycles. The van der Waals surface area contributed by atoms with Crippen molar-refractivity contribution >= 4 is 45.0 Å². The molecule has 3 heterocycles. The molecule has 0 aliphatic rings. The topological polar surface area (TPSA) is 76.1 Å². The summed E-state index contributed by atoms with van der Waals surface area (Å²) in [5, 5.41) is 7.09. The van der Waals surface area contributed by atoms with Crippen molar-refractivity contribution in [1.29, 1.82) is 0 Å². The van der Waals surface area contributed by atoms with E-state index in [4.69, 9.17) is 4.74 Å². The lowest BCUT2D eigenvalue weighted by Crippen LogP contribution is -2.31. The van der Waals surface area contributed by atoms with Crippen molar-refractivity contribution in [2.75, 3.05) is 13.7 Å². The number of amides is 1. The highest BCUT2D eigenvalue weighted by Crippen LogP contribution is 2.32. The number of H-pyrrole nitrogens is 1. The smallest absolute Gasteiger partial charge is 0.340 e. The number of thiophene rings is 1. The lowest BCUT2D eigenvalue weighted by molar-refractivity contribution is -0.121. The van der Waals surface area contributed by atoms with Gasteiger partial charge < -0.3 is 19.6 Å². The number of carbonyl (C=O) groups is 2. The minimum atomic E-state index is -0.414. The second-order valence-corrected chi connectivity index (χ2v) is 8.82. The number of rotatable bonds is 7. The minimum Gasteiger partial charge on any atom is -0.465 e. The van der Waals surface area contributed by atoms with Crippen LogP contribution in [0.4, 0.5) is 0 Å². The molecule has 0 radical (unpaired) electrons. The van der Waals surface area contributed by atoms with Crippen molar-refractivity contribution in [3.8, 4) is 0 Å². The summed E-state index contributed by atoms with van der Waals surface area (Å²) in [5.74, 6) is -0.492. The van der Waals surface area contributed by atoms with E-state index in [1.165, 1.54) is 12.0 Å². The van der Waals surface area contributed by atoms with E-state index in [1.807, 2.05) is 48.7 Å². The second kappa shape index (κ2) is 8.96.